The first-order chi connectivity index (χ1) is 13.2. The van der Waals surface area contributed by atoms with Crippen LogP contribution in [0.3, 0.4) is 0 Å². The first kappa shape index (κ1) is 18.8. The lowest BCUT2D eigenvalue weighted by atomic mass is 10.1. The van der Waals surface area contributed by atoms with Crippen LogP contribution < -0.4 is 14.2 Å². The Morgan fingerprint density at radius 1 is 1.00 bits per heavy atom. The van der Waals surface area contributed by atoms with Crippen molar-refractivity contribution in [3.8, 4) is 28.7 Å². The van der Waals surface area contributed by atoms with E-state index in [1.165, 1.54) is 33.1 Å². The molecule has 0 saturated carbocycles. The van der Waals surface area contributed by atoms with Gasteiger partial charge in [0.05, 0.1) is 27.1 Å². The Morgan fingerprint density at radius 3 is 2.26 bits per heavy atom. The Hall–Kier alpha value is -3.00. The summed E-state index contributed by atoms with van der Waals surface area (Å²) in [4.78, 5) is 12.6. The first-order valence-corrected chi connectivity index (χ1v) is 8.99. The van der Waals surface area contributed by atoms with Gasteiger partial charge in [0.25, 0.3) is 5.22 Å². The Kier molecular flexibility index (Phi) is 5.97. The van der Waals surface area contributed by atoms with Crippen molar-refractivity contribution >= 4 is 17.5 Å². The molecule has 0 radical (unpaired) electrons. The fourth-order valence-corrected chi connectivity index (χ4v) is 3.08. The topological polar surface area (TPSA) is 83.7 Å². The number of hydrogen-bond acceptors (Lipinski definition) is 8. The minimum Gasteiger partial charge on any atom is -0.493 e. The zero-order valence-corrected chi connectivity index (χ0v) is 15.9. The largest absolute Gasteiger partial charge is 0.493 e. The van der Waals surface area contributed by atoms with Crippen molar-refractivity contribution in [2.45, 2.75) is 5.22 Å². The third kappa shape index (κ3) is 4.22. The molecular formula is C19H18N2O5S. The molecule has 0 saturated heterocycles. The van der Waals surface area contributed by atoms with Crippen LogP contribution in [-0.4, -0.2) is 43.1 Å². The highest BCUT2D eigenvalue weighted by Gasteiger charge is 2.18. The maximum absolute atomic E-state index is 12.6. The molecule has 3 aromatic rings. The van der Waals surface area contributed by atoms with Gasteiger partial charge in [0.15, 0.2) is 17.3 Å². The van der Waals surface area contributed by atoms with Gasteiger partial charge in [-0.15, -0.1) is 10.2 Å². The summed E-state index contributed by atoms with van der Waals surface area (Å²) in [6.45, 7) is 0. The van der Waals surface area contributed by atoms with Crippen molar-refractivity contribution in [2.75, 3.05) is 27.1 Å². The second kappa shape index (κ2) is 8.59. The van der Waals surface area contributed by atoms with Crippen LogP contribution in [0, 0.1) is 0 Å². The molecule has 0 aliphatic heterocycles. The van der Waals surface area contributed by atoms with Gasteiger partial charge in [-0.2, -0.15) is 0 Å². The second-order valence-corrected chi connectivity index (χ2v) is 6.29. The van der Waals surface area contributed by atoms with E-state index >= 15 is 0 Å². The number of nitrogens with zero attached hydrogens (tertiary/aromatic N) is 2. The number of ether oxygens (including phenoxy) is 3. The number of benzene rings is 2. The second-order valence-electron chi connectivity index (χ2n) is 5.37. The van der Waals surface area contributed by atoms with E-state index in [-0.39, 0.29) is 11.5 Å². The number of ketones is 1. The van der Waals surface area contributed by atoms with Crippen molar-refractivity contribution < 1.29 is 23.4 Å². The van der Waals surface area contributed by atoms with E-state index in [0.29, 0.717) is 33.9 Å². The van der Waals surface area contributed by atoms with Crippen LogP contribution in [0.1, 0.15) is 10.4 Å². The summed E-state index contributed by atoms with van der Waals surface area (Å²) in [6.07, 6.45) is 0. The summed E-state index contributed by atoms with van der Waals surface area (Å²) in [5.74, 6) is 1.71. The van der Waals surface area contributed by atoms with E-state index in [0.717, 1.165) is 5.56 Å². The number of methoxy groups -OCH3 is 3. The molecule has 140 valence electrons. The summed E-state index contributed by atoms with van der Waals surface area (Å²) < 4.78 is 21.4. The van der Waals surface area contributed by atoms with Gasteiger partial charge in [0.2, 0.25) is 11.6 Å². The lowest BCUT2D eigenvalue weighted by Gasteiger charge is -2.13. The molecule has 2 aromatic carbocycles. The molecule has 0 bridgehead atoms. The van der Waals surface area contributed by atoms with Gasteiger partial charge in [-0.1, -0.05) is 30.0 Å². The standard InChI is InChI=1S/C19H18N2O5S/c1-23-15-9-13(10-16(24-2)17(15)25-3)14(22)11-27-19-21-20-18(26-19)12-7-5-4-6-8-12/h4-10H,11H2,1-3H3. The molecule has 1 heterocycles. The number of aromatic nitrogens is 2. The summed E-state index contributed by atoms with van der Waals surface area (Å²) >= 11 is 1.17. The molecule has 0 atom stereocenters. The molecule has 8 heteroatoms. The molecule has 7 nitrogen and oxygen atoms in total. The first-order valence-electron chi connectivity index (χ1n) is 8.01. The summed E-state index contributed by atoms with van der Waals surface area (Å²) in [5.41, 5.74) is 1.27. The van der Waals surface area contributed by atoms with Crippen LogP contribution in [-0.2, 0) is 0 Å². The van der Waals surface area contributed by atoms with Gasteiger partial charge in [-0.3, -0.25) is 4.79 Å². The molecule has 0 N–H and O–H groups in total. The molecule has 0 aliphatic rings. The lowest BCUT2D eigenvalue weighted by Crippen LogP contribution is -2.05. The molecule has 1 aromatic heterocycles. The van der Waals surface area contributed by atoms with E-state index < -0.39 is 0 Å². The van der Waals surface area contributed by atoms with Gasteiger partial charge < -0.3 is 18.6 Å². The zero-order valence-electron chi connectivity index (χ0n) is 15.1. The SMILES string of the molecule is COc1cc(C(=O)CSc2nnc(-c3ccccc3)o2)cc(OC)c1OC. The fraction of sp³-hybridized carbons (Fsp3) is 0.211. The van der Waals surface area contributed by atoms with Crippen molar-refractivity contribution in [2.24, 2.45) is 0 Å². The number of rotatable bonds is 8. The molecule has 0 amide bonds. The Balaban J connectivity index is 1.72. The van der Waals surface area contributed by atoms with E-state index in [1.54, 1.807) is 12.1 Å². The summed E-state index contributed by atoms with van der Waals surface area (Å²) in [7, 11) is 4.52. The number of thioether (sulfide) groups is 1. The van der Waals surface area contributed by atoms with Crippen molar-refractivity contribution in [3.05, 3.63) is 48.0 Å². The van der Waals surface area contributed by atoms with Gasteiger partial charge in [-0.05, 0) is 24.3 Å². The molecule has 0 fully saturated rings. The average Bonchev–Trinajstić information content (AvgIpc) is 3.20. The Labute approximate surface area is 160 Å². The minimum absolute atomic E-state index is 0.126. The molecular weight excluding hydrogens is 368 g/mol. The molecule has 0 spiro atoms. The normalized spacial score (nSPS) is 10.5. The highest BCUT2D eigenvalue weighted by Crippen LogP contribution is 2.38. The van der Waals surface area contributed by atoms with Crippen LogP contribution in [0.5, 0.6) is 17.2 Å². The third-order valence-corrected chi connectivity index (χ3v) is 4.56. The van der Waals surface area contributed by atoms with Crippen LogP contribution in [0.4, 0.5) is 0 Å². The number of Topliss-reactive ketones (excluding diaryl/α,β-unsaturated/α-hetero) is 1. The van der Waals surface area contributed by atoms with Crippen molar-refractivity contribution in [1.82, 2.24) is 10.2 Å². The lowest BCUT2D eigenvalue weighted by molar-refractivity contribution is 0.102. The monoisotopic (exact) mass is 386 g/mol. The highest BCUT2D eigenvalue weighted by atomic mass is 32.2. The number of carbonyl (C=O) groups excluding carboxylic acids is 1. The average molecular weight is 386 g/mol. The molecule has 3 rings (SSSR count). The van der Waals surface area contributed by atoms with Gasteiger partial charge in [-0.25, -0.2) is 0 Å². The summed E-state index contributed by atoms with van der Waals surface area (Å²) in [6, 6.07) is 12.7. The van der Waals surface area contributed by atoms with E-state index in [4.69, 9.17) is 18.6 Å². The highest BCUT2D eigenvalue weighted by molar-refractivity contribution is 7.99. The predicted molar refractivity (Wildman–Crippen MR) is 101 cm³/mol. The van der Waals surface area contributed by atoms with E-state index in [2.05, 4.69) is 10.2 Å². The van der Waals surface area contributed by atoms with Gasteiger partial charge in [0, 0.05) is 11.1 Å². The summed E-state index contributed by atoms with van der Waals surface area (Å²) in [5, 5.41) is 8.32. The fourth-order valence-electron chi connectivity index (χ4n) is 2.42. The Bertz CT molecular complexity index is 902. The van der Waals surface area contributed by atoms with Crippen LogP contribution in [0.15, 0.2) is 52.1 Å². The zero-order chi connectivity index (χ0) is 19.2. The minimum atomic E-state index is -0.126. The van der Waals surface area contributed by atoms with Crippen LogP contribution in [0.25, 0.3) is 11.5 Å². The maximum atomic E-state index is 12.6. The smallest absolute Gasteiger partial charge is 0.277 e. The quantitative estimate of drug-likeness (QED) is 0.428. The Morgan fingerprint density at radius 2 is 1.67 bits per heavy atom. The van der Waals surface area contributed by atoms with E-state index in [9.17, 15) is 4.79 Å². The molecule has 27 heavy (non-hydrogen) atoms. The van der Waals surface area contributed by atoms with Crippen molar-refractivity contribution in [1.29, 1.82) is 0 Å². The number of carbonyl (C=O) groups is 1. The van der Waals surface area contributed by atoms with Gasteiger partial charge >= 0.3 is 0 Å². The predicted octanol–water partition coefficient (Wildman–Crippen LogP) is 3.74. The van der Waals surface area contributed by atoms with Crippen molar-refractivity contribution in [3.63, 3.8) is 0 Å². The third-order valence-electron chi connectivity index (χ3n) is 3.74. The molecule has 0 aliphatic carbocycles. The van der Waals surface area contributed by atoms with Crippen LogP contribution in [0.2, 0.25) is 0 Å². The van der Waals surface area contributed by atoms with Crippen LogP contribution >= 0.6 is 11.8 Å². The van der Waals surface area contributed by atoms with Gasteiger partial charge in [0.1, 0.15) is 0 Å². The van der Waals surface area contributed by atoms with E-state index in [1.807, 2.05) is 30.3 Å². The number of hydrogen-bond donors (Lipinski definition) is 0. The molecule has 0 unspecified atom stereocenters. The maximum Gasteiger partial charge on any atom is 0.277 e.